The molecule has 0 aliphatic carbocycles. The molecule has 2 heterocycles. The van der Waals surface area contributed by atoms with Gasteiger partial charge in [-0.25, -0.2) is 4.98 Å². The second-order valence-corrected chi connectivity index (χ2v) is 6.07. The lowest BCUT2D eigenvalue weighted by atomic mass is 10.1. The minimum atomic E-state index is 0.668. The number of nitrogens with zero attached hydrogens (tertiary/aromatic N) is 3. The molecule has 0 fully saturated rings. The van der Waals surface area contributed by atoms with E-state index in [2.05, 4.69) is 34.7 Å². The average Bonchev–Trinajstić information content (AvgIpc) is 3.06. The highest BCUT2D eigenvalue weighted by atomic mass is 14.9. The van der Waals surface area contributed by atoms with Crippen molar-refractivity contribution in [3.63, 3.8) is 0 Å². The maximum Gasteiger partial charge on any atom is 0.0991 e. The molecule has 116 valence electrons. The van der Waals surface area contributed by atoms with Crippen LogP contribution in [0.2, 0.25) is 0 Å². The van der Waals surface area contributed by atoms with E-state index >= 15 is 0 Å². The third-order valence-corrected chi connectivity index (χ3v) is 4.58. The summed E-state index contributed by atoms with van der Waals surface area (Å²) in [5.41, 5.74) is 6.87. The molecule has 3 heteroatoms. The summed E-state index contributed by atoms with van der Waals surface area (Å²) in [5, 5.41) is 10.3. The van der Waals surface area contributed by atoms with Gasteiger partial charge in [0.15, 0.2) is 0 Å². The summed E-state index contributed by atoms with van der Waals surface area (Å²) in [4.78, 5) is 4.93. The molecule has 0 amide bonds. The highest BCUT2D eigenvalue weighted by Gasteiger charge is 2.13. The van der Waals surface area contributed by atoms with E-state index in [1.807, 2.05) is 54.6 Å². The Kier molecular flexibility index (Phi) is 2.86. The van der Waals surface area contributed by atoms with Crippen LogP contribution in [0, 0.1) is 11.3 Å². The Balaban J connectivity index is 2.02. The van der Waals surface area contributed by atoms with E-state index in [0.29, 0.717) is 5.56 Å². The van der Waals surface area contributed by atoms with Gasteiger partial charge in [-0.2, -0.15) is 5.26 Å². The quantitative estimate of drug-likeness (QED) is 0.427. The van der Waals surface area contributed by atoms with Crippen molar-refractivity contribution in [2.45, 2.75) is 0 Å². The number of hydrogen-bond acceptors (Lipinski definition) is 2. The highest BCUT2D eigenvalue weighted by Crippen LogP contribution is 2.32. The Morgan fingerprint density at radius 2 is 1.56 bits per heavy atom. The van der Waals surface area contributed by atoms with E-state index in [1.54, 1.807) is 0 Å². The molecule has 5 rings (SSSR count). The van der Waals surface area contributed by atoms with E-state index in [9.17, 15) is 5.26 Å². The number of hydrogen-bond donors (Lipinski definition) is 0. The summed E-state index contributed by atoms with van der Waals surface area (Å²) in [5.74, 6) is 0. The van der Waals surface area contributed by atoms with Crippen LogP contribution in [0.1, 0.15) is 5.56 Å². The molecular weight excluding hydrogens is 306 g/mol. The number of benzene rings is 3. The molecule has 0 atom stereocenters. The number of nitriles is 1. The van der Waals surface area contributed by atoms with Crippen molar-refractivity contribution in [2.24, 2.45) is 0 Å². The molecule has 0 radical (unpaired) electrons. The van der Waals surface area contributed by atoms with E-state index in [-0.39, 0.29) is 0 Å². The van der Waals surface area contributed by atoms with Gasteiger partial charge < -0.3 is 4.40 Å². The van der Waals surface area contributed by atoms with Gasteiger partial charge in [0, 0.05) is 10.9 Å². The molecule has 3 nitrogen and oxygen atoms in total. The number of rotatable bonds is 1. The highest BCUT2D eigenvalue weighted by molar-refractivity contribution is 5.98. The predicted octanol–water partition coefficient (Wildman–Crippen LogP) is 5.18. The van der Waals surface area contributed by atoms with Crippen LogP contribution < -0.4 is 0 Å². The molecule has 0 bridgehead atoms. The van der Waals surface area contributed by atoms with Crippen molar-refractivity contribution < 1.29 is 0 Å². The van der Waals surface area contributed by atoms with Crippen molar-refractivity contribution in [1.82, 2.24) is 9.38 Å². The normalized spacial score (nSPS) is 11.2. The molecule has 0 aliphatic heterocycles. The van der Waals surface area contributed by atoms with Gasteiger partial charge in [0.2, 0.25) is 0 Å². The molecule has 0 N–H and O–H groups in total. The molecule has 0 aliphatic rings. The zero-order valence-electron chi connectivity index (χ0n) is 13.3. The van der Waals surface area contributed by atoms with Crippen LogP contribution in [0.3, 0.4) is 0 Å². The van der Waals surface area contributed by atoms with Crippen LogP contribution in [0.4, 0.5) is 0 Å². The Morgan fingerprint density at radius 1 is 0.760 bits per heavy atom. The van der Waals surface area contributed by atoms with Crippen LogP contribution >= 0.6 is 0 Å². The standard InChI is InChI=1S/C22H13N3/c23-14-15-10-11-19-17(12-15)13-21-22(16-6-2-1-3-7-16)24-18-8-4-5-9-20(18)25(19)21/h1-13H. The minimum Gasteiger partial charge on any atom is -0.306 e. The van der Waals surface area contributed by atoms with Gasteiger partial charge in [-0.3, -0.25) is 0 Å². The molecule has 5 aromatic rings. The first kappa shape index (κ1) is 13.8. The van der Waals surface area contributed by atoms with Gasteiger partial charge in [-0.15, -0.1) is 0 Å². The molecule has 0 saturated heterocycles. The van der Waals surface area contributed by atoms with E-state index in [4.69, 9.17) is 4.98 Å². The first-order chi connectivity index (χ1) is 12.3. The first-order valence-electron chi connectivity index (χ1n) is 8.15. The lowest BCUT2D eigenvalue weighted by Gasteiger charge is -2.09. The van der Waals surface area contributed by atoms with Crippen molar-refractivity contribution in [3.05, 3.63) is 84.4 Å². The smallest absolute Gasteiger partial charge is 0.0991 e. The third-order valence-electron chi connectivity index (χ3n) is 4.58. The second-order valence-electron chi connectivity index (χ2n) is 6.07. The van der Waals surface area contributed by atoms with Gasteiger partial charge >= 0.3 is 0 Å². The maximum absolute atomic E-state index is 9.21. The maximum atomic E-state index is 9.21. The average molecular weight is 319 g/mol. The molecule has 0 saturated carbocycles. The summed E-state index contributed by atoms with van der Waals surface area (Å²) >= 11 is 0. The van der Waals surface area contributed by atoms with Crippen molar-refractivity contribution in [2.75, 3.05) is 0 Å². The predicted molar refractivity (Wildman–Crippen MR) is 100 cm³/mol. The van der Waals surface area contributed by atoms with Crippen LogP contribution in [-0.2, 0) is 0 Å². The topological polar surface area (TPSA) is 41.1 Å². The molecule has 3 aromatic carbocycles. The lowest BCUT2D eigenvalue weighted by molar-refractivity contribution is 1.27. The Bertz CT molecular complexity index is 1290. The fraction of sp³-hybridized carbons (Fsp3) is 0. The summed E-state index contributed by atoms with van der Waals surface area (Å²) in [6, 6.07) is 28.5. The Labute approximate surface area is 144 Å². The number of fused-ring (bicyclic) bond motifs is 5. The van der Waals surface area contributed by atoms with Crippen LogP contribution in [0.5, 0.6) is 0 Å². The Hall–Kier alpha value is -3.64. The van der Waals surface area contributed by atoms with Crippen LogP contribution in [0.15, 0.2) is 78.9 Å². The minimum absolute atomic E-state index is 0.668. The summed E-state index contributed by atoms with van der Waals surface area (Å²) in [6.07, 6.45) is 0. The fourth-order valence-electron chi connectivity index (χ4n) is 3.45. The summed E-state index contributed by atoms with van der Waals surface area (Å²) in [6.45, 7) is 0. The number of para-hydroxylation sites is 2. The van der Waals surface area contributed by atoms with E-state index in [0.717, 1.165) is 38.7 Å². The fourth-order valence-corrected chi connectivity index (χ4v) is 3.45. The van der Waals surface area contributed by atoms with Gasteiger partial charge in [-0.1, -0.05) is 42.5 Å². The molecular formula is C22H13N3. The van der Waals surface area contributed by atoms with Crippen LogP contribution in [0.25, 0.3) is 38.7 Å². The van der Waals surface area contributed by atoms with Crippen molar-refractivity contribution >= 4 is 27.5 Å². The second kappa shape index (κ2) is 5.19. The van der Waals surface area contributed by atoms with Gasteiger partial charge in [0.25, 0.3) is 0 Å². The largest absolute Gasteiger partial charge is 0.306 e. The van der Waals surface area contributed by atoms with Gasteiger partial charge in [-0.05, 0) is 36.4 Å². The molecule has 2 aromatic heterocycles. The molecule has 25 heavy (non-hydrogen) atoms. The zero-order valence-corrected chi connectivity index (χ0v) is 13.3. The summed E-state index contributed by atoms with van der Waals surface area (Å²) < 4.78 is 2.24. The third kappa shape index (κ3) is 2.02. The Morgan fingerprint density at radius 3 is 2.40 bits per heavy atom. The SMILES string of the molecule is N#Cc1ccc2c(c1)cc1c(-c3ccccc3)nc3ccccc3n12. The zero-order chi connectivity index (χ0) is 16.8. The van der Waals surface area contributed by atoms with Gasteiger partial charge in [0.05, 0.1) is 39.4 Å². The van der Waals surface area contributed by atoms with Crippen LogP contribution in [-0.4, -0.2) is 9.38 Å². The van der Waals surface area contributed by atoms with Gasteiger partial charge in [0.1, 0.15) is 0 Å². The monoisotopic (exact) mass is 319 g/mol. The first-order valence-corrected chi connectivity index (χ1v) is 8.15. The van der Waals surface area contributed by atoms with Crippen molar-refractivity contribution in [1.29, 1.82) is 5.26 Å². The number of aromatic nitrogens is 2. The summed E-state index contributed by atoms with van der Waals surface area (Å²) in [7, 11) is 0. The molecule has 0 spiro atoms. The van der Waals surface area contributed by atoms with Crippen molar-refractivity contribution in [3.8, 4) is 17.3 Å². The molecule has 0 unspecified atom stereocenters. The van der Waals surface area contributed by atoms with E-state index < -0.39 is 0 Å². The van der Waals surface area contributed by atoms with E-state index in [1.165, 1.54) is 0 Å². The lowest BCUT2D eigenvalue weighted by Crippen LogP contribution is -1.95.